The Kier molecular flexibility index (Phi) is 3.55. The molecule has 0 radical (unpaired) electrons. The Morgan fingerprint density at radius 2 is 2.04 bits per heavy atom. The van der Waals surface area contributed by atoms with Gasteiger partial charge in [-0.2, -0.15) is 0 Å². The molecule has 1 amide bonds. The molecule has 1 aliphatic carbocycles. The zero-order valence-electron chi connectivity index (χ0n) is 14.8. The first-order valence-electron chi connectivity index (χ1n) is 9.34. The molecule has 0 bridgehead atoms. The van der Waals surface area contributed by atoms with Crippen molar-refractivity contribution in [3.63, 3.8) is 0 Å². The Bertz CT molecular complexity index is 990. The van der Waals surface area contributed by atoms with Gasteiger partial charge in [-0.25, -0.2) is 0 Å². The lowest BCUT2D eigenvalue weighted by molar-refractivity contribution is 0.0716. The van der Waals surface area contributed by atoms with Crippen molar-refractivity contribution in [1.29, 1.82) is 0 Å². The van der Waals surface area contributed by atoms with Gasteiger partial charge in [0.2, 0.25) is 0 Å². The van der Waals surface area contributed by atoms with Crippen LogP contribution in [-0.4, -0.2) is 27.5 Å². The third-order valence-corrected chi connectivity index (χ3v) is 5.45. The summed E-state index contributed by atoms with van der Waals surface area (Å²) >= 11 is 0. The van der Waals surface area contributed by atoms with Gasteiger partial charge in [0.25, 0.3) is 5.91 Å². The Morgan fingerprint density at radius 3 is 2.81 bits per heavy atom. The first-order chi connectivity index (χ1) is 12.7. The minimum absolute atomic E-state index is 0.0278. The van der Waals surface area contributed by atoms with Gasteiger partial charge >= 0.3 is 0 Å². The molecule has 3 heterocycles. The SMILES string of the molecule is Cc1cc([C@@H]2CCCN2C(=O)c2cc(C3CC3)nc3ccccc23)on1. The van der Waals surface area contributed by atoms with Crippen molar-refractivity contribution in [3.8, 4) is 0 Å². The summed E-state index contributed by atoms with van der Waals surface area (Å²) in [7, 11) is 0. The van der Waals surface area contributed by atoms with Crippen molar-refractivity contribution in [2.24, 2.45) is 0 Å². The number of hydrogen-bond acceptors (Lipinski definition) is 4. The van der Waals surface area contributed by atoms with E-state index in [4.69, 9.17) is 9.51 Å². The fourth-order valence-electron chi connectivity index (χ4n) is 3.96. The summed E-state index contributed by atoms with van der Waals surface area (Å²) in [6, 6.07) is 11.9. The highest BCUT2D eigenvalue weighted by atomic mass is 16.5. The molecule has 1 saturated carbocycles. The number of rotatable bonds is 3. The van der Waals surface area contributed by atoms with Gasteiger partial charge in [-0.3, -0.25) is 9.78 Å². The zero-order chi connectivity index (χ0) is 17.7. The summed E-state index contributed by atoms with van der Waals surface area (Å²) in [5.41, 5.74) is 3.58. The monoisotopic (exact) mass is 347 g/mol. The van der Waals surface area contributed by atoms with Gasteiger partial charge in [-0.1, -0.05) is 23.4 Å². The fraction of sp³-hybridized carbons (Fsp3) is 0.381. The average Bonchev–Trinajstić information content (AvgIpc) is 3.24. The van der Waals surface area contributed by atoms with Gasteiger partial charge in [0, 0.05) is 29.6 Å². The third-order valence-electron chi connectivity index (χ3n) is 5.45. The van der Waals surface area contributed by atoms with E-state index < -0.39 is 0 Å². The molecule has 1 aromatic carbocycles. The summed E-state index contributed by atoms with van der Waals surface area (Å²) in [5, 5.41) is 4.93. The molecule has 0 N–H and O–H groups in total. The van der Waals surface area contributed by atoms with E-state index in [9.17, 15) is 4.79 Å². The highest BCUT2D eigenvalue weighted by molar-refractivity contribution is 6.06. The number of aromatic nitrogens is 2. The average molecular weight is 347 g/mol. The highest BCUT2D eigenvalue weighted by Gasteiger charge is 2.35. The van der Waals surface area contributed by atoms with Crippen molar-refractivity contribution in [2.75, 3.05) is 6.54 Å². The molecule has 132 valence electrons. The van der Waals surface area contributed by atoms with E-state index in [2.05, 4.69) is 5.16 Å². The number of nitrogens with zero attached hydrogens (tertiary/aromatic N) is 3. The van der Waals surface area contributed by atoms with Crippen LogP contribution < -0.4 is 0 Å². The molecule has 1 atom stereocenters. The fourth-order valence-corrected chi connectivity index (χ4v) is 3.96. The lowest BCUT2D eigenvalue weighted by atomic mass is 10.0. The molecular formula is C21H21N3O2. The van der Waals surface area contributed by atoms with Crippen molar-refractivity contribution >= 4 is 16.8 Å². The van der Waals surface area contributed by atoms with Crippen LogP contribution in [-0.2, 0) is 0 Å². The van der Waals surface area contributed by atoms with Crippen LogP contribution in [0.4, 0.5) is 0 Å². The second-order valence-electron chi connectivity index (χ2n) is 7.41. The predicted octanol–water partition coefficient (Wildman–Crippen LogP) is 4.39. The van der Waals surface area contributed by atoms with Crippen LogP contribution in [0.15, 0.2) is 40.9 Å². The summed E-state index contributed by atoms with van der Waals surface area (Å²) in [6.45, 7) is 2.66. The summed E-state index contributed by atoms with van der Waals surface area (Å²) in [6.07, 6.45) is 4.23. The second-order valence-corrected chi connectivity index (χ2v) is 7.41. The van der Waals surface area contributed by atoms with E-state index >= 15 is 0 Å². The minimum Gasteiger partial charge on any atom is -0.359 e. The maximum absolute atomic E-state index is 13.5. The van der Waals surface area contributed by atoms with E-state index in [1.54, 1.807) is 0 Å². The van der Waals surface area contributed by atoms with Crippen LogP contribution in [0.2, 0.25) is 0 Å². The number of amides is 1. The maximum Gasteiger partial charge on any atom is 0.255 e. The number of aryl methyl sites for hydroxylation is 1. The van der Waals surface area contributed by atoms with E-state index in [0.717, 1.165) is 53.0 Å². The number of fused-ring (bicyclic) bond motifs is 1. The third kappa shape index (κ3) is 2.59. The highest BCUT2D eigenvalue weighted by Crippen LogP contribution is 2.41. The van der Waals surface area contributed by atoms with Crippen molar-refractivity contribution in [2.45, 2.75) is 44.6 Å². The van der Waals surface area contributed by atoms with Gasteiger partial charge in [-0.15, -0.1) is 0 Å². The first kappa shape index (κ1) is 15.6. The van der Waals surface area contributed by atoms with Crippen LogP contribution >= 0.6 is 0 Å². The molecule has 5 heteroatoms. The molecule has 5 nitrogen and oxygen atoms in total. The van der Waals surface area contributed by atoms with Crippen molar-refractivity contribution in [3.05, 3.63) is 59.1 Å². The molecule has 5 rings (SSSR count). The molecular weight excluding hydrogens is 326 g/mol. The summed E-state index contributed by atoms with van der Waals surface area (Å²) in [5.74, 6) is 1.37. The Labute approximate surface area is 152 Å². The first-order valence-corrected chi connectivity index (χ1v) is 9.34. The van der Waals surface area contributed by atoms with Gasteiger partial charge in [-0.05, 0) is 44.7 Å². The predicted molar refractivity (Wildman–Crippen MR) is 98.0 cm³/mol. The zero-order valence-corrected chi connectivity index (χ0v) is 14.8. The van der Waals surface area contributed by atoms with Crippen LogP contribution in [0.3, 0.4) is 0 Å². The quantitative estimate of drug-likeness (QED) is 0.705. The summed E-state index contributed by atoms with van der Waals surface area (Å²) < 4.78 is 5.47. The number of hydrogen-bond donors (Lipinski definition) is 0. The molecule has 1 aliphatic heterocycles. The topological polar surface area (TPSA) is 59.2 Å². The van der Waals surface area contributed by atoms with Crippen molar-refractivity contribution in [1.82, 2.24) is 15.0 Å². The number of para-hydroxylation sites is 1. The number of carbonyl (C=O) groups is 1. The molecule has 0 unspecified atom stereocenters. The van der Waals surface area contributed by atoms with Crippen molar-refractivity contribution < 1.29 is 9.32 Å². The van der Waals surface area contributed by atoms with E-state index in [1.165, 1.54) is 12.8 Å². The second kappa shape index (κ2) is 5.94. The summed E-state index contributed by atoms with van der Waals surface area (Å²) in [4.78, 5) is 20.2. The van der Waals surface area contributed by atoms with E-state index in [-0.39, 0.29) is 11.9 Å². The van der Waals surface area contributed by atoms with Crippen LogP contribution in [0.25, 0.3) is 10.9 Å². The molecule has 2 aliphatic rings. The normalized spacial score (nSPS) is 20.0. The molecule has 1 saturated heterocycles. The van der Waals surface area contributed by atoms with Gasteiger partial charge < -0.3 is 9.42 Å². The lowest BCUT2D eigenvalue weighted by Crippen LogP contribution is -2.30. The van der Waals surface area contributed by atoms with Crippen LogP contribution in [0, 0.1) is 6.92 Å². The maximum atomic E-state index is 13.5. The Morgan fingerprint density at radius 1 is 1.19 bits per heavy atom. The Hall–Kier alpha value is -2.69. The molecule has 0 spiro atoms. The van der Waals surface area contributed by atoms with E-state index in [0.29, 0.717) is 5.92 Å². The number of pyridine rings is 1. The lowest BCUT2D eigenvalue weighted by Gasteiger charge is -2.23. The smallest absolute Gasteiger partial charge is 0.255 e. The molecule has 26 heavy (non-hydrogen) atoms. The number of carbonyl (C=O) groups excluding carboxylic acids is 1. The number of benzene rings is 1. The van der Waals surface area contributed by atoms with Crippen LogP contribution in [0.5, 0.6) is 0 Å². The van der Waals surface area contributed by atoms with Gasteiger partial charge in [0.15, 0.2) is 5.76 Å². The molecule has 2 aromatic heterocycles. The number of likely N-dealkylation sites (tertiary alicyclic amines) is 1. The Balaban J connectivity index is 1.57. The van der Waals surface area contributed by atoms with Crippen LogP contribution in [0.1, 0.15) is 65.1 Å². The molecule has 2 fully saturated rings. The standard InChI is InChI=1S/C21H21N3O2/c1-13-11-20(26-23-13)19-7-4-10-24(19)21(25)16-12-18(14-8-9-14)22-17-6-3-2-5-15(16)17/h2-3,5-6,11-12,14,19H,4,7-10H2,1H3/t19-/m0/s1. The molecule has 3 aromatic rings. The minimum atomic E-state index is -0.0278. The van der Waals surface area contributed by atoms with E-state index in [1.807, 2.05) is 48.2 Å². The van der Waals surface area contributed by atoms with Gasteiger partial charge in [0.1, 0.15) is 0 Å². The van der Waals surface area contributed by atoms with Gasteiger partial charge in [0.05, 0.1) is 22.8 Å². The largest absolute Gasteiger partial charge is 0.359 e.